The summed E-state index contributed by atoms with van der Waals surface area (Å²) in [6.07, 6.45) is 4.89. The zero-order valence-electron chi connectivity index (χ0n) is 20.2. The molecular formula is C29H25N5O3. The van der Waals surface area contributed by atoms with E-state index >= 15 is 0 Å². The van der Waals surface area contributed by atoms with E-state index in [-0.39, 0.29) is 6.61 Å². The van der Waals surface area contributed by atoms with Gasteiger partial charge in [-0.05, 0) is 42.8 Å². The third-order valence-electron chi connectivity index (χ3n) is 5.40. The van der Waals surface area contributed by atoms with E-state index in [0.29, 0.717) is 17.9 Å². The minimum absolute atomic E-state index is 0.292. The molecule has 1 heterocycles. The average molecular weight is 492 g/mol. The number of benzene rings is 3. The molecule has 184 valence electrons. The van der Waals surface area contributed by atoms with Crippen molar-refractivity contribution in [3.8, 4) is 23.1 Å². The van der Waals surface area contributed by atoms with Gasteiger partial charge in [-0.1, -0.05) is 60.2 Å². The van der Waals surface area contributed by atoms with Crippen LogP contribution >= 0.6 is 0 Å². The second-order valence-corrected chi connectivity index (χ2v) is 8.28. The minimum Gasteiger partial charge on any atom is -0.484 e. The molecule has 2 N–H and O–H groups in total. The van der Waals surface area contributed by atoms with Crippen molar-refractivity contribution in [3.05, 3.63) is 113 Å². The smallest absolute Gasteiger partial charge is 0.276 e. The summed E-state index contributed by atoms with van der Waals surface area (Å²) < 4.78 is 7.19. The lowest BCUT2D eigenvalue weighted by Gasteiger charge is -2.07. The Morgan fingerprint density at radius 2 is 1.73 bits per heavy atom. The summed E-state index contributed by atoms with van der Waals surface area (Å²) in [5.74, 6) is -0.587. The van der Waals surface area contributed by atoms with Gasteiger partial charge < -0.3 is 4.74 Å². The molecule has 0 aliphatic heterocycles. The molecular weight excluding hydrogens is 466 g/mol. The first-order valence-corrected chi connectivity index (χ1v) is 11.6. The van der Waals surface area contributed by atoms with Crippen LogP contribution in [0.25, 0.3) is 17.3 Å². The molecule has 0 bridgehead atoms. The monoisotopic (exact) mass is 491 g/mol. The third kappa shape index (κ3) is 7.16. The number of hydrogen-bond acceptors (Lipinski definition) is 5. The summed E-state index contributed by atoms with van der Waals surface area (Å²) >= 11 is 0. The maximum Gasteiger partial charge on any atom is 0.276 e. The molecule has 0 atom stereocenters. The van der Waals surface area contributed by atoms with Gasteiger partial charge in [-0.15, -0.1) is 0 Å². The van der Waals surface area contributed by atoms with E-state index < -0.39 is 11.8 Å². The van der Waals surface area contributed by atoms with Crippen LogP contribution in [0.3, 0.4) is 0 Å². The van der Waals surface area contributed by atoms with Crippen LogP contribution in [0.4, 0.5) is 0 Å². The molecule has 2 amide bonds. The highest BCUT2D eigenvalue weighted by molar-refractivity contribution is 5.94. The summed E-state index contributed by atoms with van der Waals surface area (Å²) in [7, 11) is 0. The molecule has 0 aliphatic rings. The van der Waals surface area contributed by atoms with Gasteiger partial charge in [0, 0.05) is 23.4 Å². The first kappa shape index (κ1) is 24.9. The molecule has 8 nitrogen and oxygen atoms in total. The van der Waals surface area contributed by atoms with Crippen molar-refractivity contribution in [1.29, 1.82) is 5.26 Å². The second kappa shape index (κ2) is 12.0. The highest BCUT2D eigenvalue weighted by Gasteiger charge is 2.11. The van der Waals surface area contributed by atoms with Crippen LogP contribution in [-0.2, 0) is 16.1 Å². The van der Waals surface area contributed by atoms with Gasteiger partial charge in [0.15, 0.2) is 6.61 Å². The fourth-order valence-electron chi connectivity index (χ4n) is 3.50. The van der Waals surface area contributed by atoms with Crippen molar-refractivity contribution in [2.75, 3.05) is 6.61 Å². The van der Waals surface area contributed by atoms with Gasteiger partial charge in [0.2, 0.25) is 0 Å². The van der Waals surface area contributed by atoms with E-state index in [4.69, 9.17) is 15.1 Å². The Labute approximate surface area is 214 Å². The van der Waals surface area contributed by atoms with Gasteiger partial charge in [-0.2, -0.15) is 10.4 Å². The Hall–Kier alpha value is -5.16. The summed E-state index contributed by atoms with van der Waals surface area (Å²) in [4.78, 5) is 24.4. The van der Waals surface area contributed by atoms with Gasteiger partial charge in [0.25, 0.3) is 11.8 Å². The van der Waals surface area contributed by atoms with E-state index in [1.807, 2.05) is 78.5 Å². The summed E-state index contributed by atoms with van der Waals surface area (Å²) in [5.41, 5.74) is 9.86. The number of amides is 2. The predicted octanol–water partition coefficient (Wildman–Crippen LogP) is 4.02. The molecule has 0 unspecified atom stereocenters. The Morgan fingerprint density at radius 3 is 2.43 bits per heavy atom. The highest BCUT2D eigenvalue weighted by atomic mass is 16.5. The lowest BCUT2D eigenvalue weighted by atomic mass is 10.1. The van der Waals surface area contributed by atoms with E-state index in [9.17, 15) is 9.59 Å². The Kier molecular flexibility index (Phi) is 8.09. The molecule has 0 saturated carbocycles. The quantitative estimate of drug-likeness (QED) is 0.286. The average Bonchev–Trinajstić information content (AvgIpc) is 3.33. The Bertz CT molecular complexity index is 1430. The van der Waals surface area contributed by atoms with Crippen molar-refractivity contribution < 1.29 is 14.3 Å². The van der Waals surface area contributed by atoms with E-state index in [1.54, 1.807) is 30.3 Å². The summed E-state index contributed by atoms with van der Waals surface area (Å²) in [6.45, 7) is 2.32. The van der Waals surface area contributed by atoms with Crippen LogP contribution in [0.2, 0.25) is 0 Å². The van der Waals surface area contributed by atoms with E-state index in [2.05, 4.69) is 10.9 Å². The number of hydrogen-bond donors (Lipinski definition) is 2. The zero-order valence-corrected chi connectivity index (χ0v) is 20.2. The summed E-state index contributed by atoms with van der Waals surface area (Å²) in [6, 6.07) is 26.4. The fourth-order valence-corrected chi connectivity index (χ4v) is 3.50. The maximum absolute atomic E-state index is 12.3. The Balaban J connectivity index is 1.38. The van der Waals surface area contributed by atoms with E-state index in [0.717, 1.165) is 27.9 Å². The molecule has 0 radical (unpaired) electrons. The standard InChI is InChI=1S/C29H25N5O3/c1-21-7-11-24(12-8-21)29-25(19-34(33-29)18-23-5-3-2-4-6-23)13-16-27(35)31-32-28(36)20-37-26-14-9-22(17-30)10-15-26/h2-16,19H,18,20H2,1H3,(H,31,35)(H,32,36)/b16-13+. The van der Waals surface area contributed by atoms with Crippen molar-refractivity contribution in [1.82, 2.24) is 20.6 Å². The molecule has 4 aromatic rings. The third-order valence-corrected chi connectivity index (χ3v) is 5.40. The topological polar surface area (TPSA) is 109 Å². The van der Waals surface area contributed by atoms with Gasteiger partial charge in [-0.25, -0.2) is 0 Å². The highest BCUT2D eigenvalue weighted by Crippen LogP contribution is 2.24. The van der Waals surface area contributed by atoms with Crippen LogP contribution in [0.15, 0.2) is 91.1 Å². The lowest BCUT2D eigenvalue weighted by Crippen LogP contribution is -2.43. The first-order chi connectivity index (χ1) is 18.0. The number of carbonyl (C=O) groups is 2. The van der Waals surface area contributed by atoms with Crippen LogP contribution in [0, 0.1) is 18.3 Å². The van der Waals surface area contributed by atoms with Crippen LogP contribution < -0.4 is 15.6 Å². The molecule has 0 aliphatic carbocycles. The van der Waals surface area contributed by atoms with Gasteiger partial charge in [0.1, 0.15) is 5.75 Å². The largest absolute Gasteiger partial charge is 0.484 e. The van der Waals surface area contributed by atoms with Crippen molar-refractivity contribution in [3.63, 3.8) is 0 Å². The molecule has 4 rings (SSSR count). The second-order valence-electron chi connectivity index (χ2n) is 8.28. The van der Waals surface area contributed by atoms with Crippen LogP contribution in [0.5, 0.6) is 5.75 Å². The number of rotatable bonds is 8. The fraction of sp³-hybridized carbons (Fsp3) is 0.103. The number of aromatic nitrogens is 2. The SMILES string of the molecule is Cc1ccc(-c2nn(Cc3ccccc3)cc2/C=C/C(=O)NNC(=O)COc2ccc(C#N)cc2)cc1. The van der Waals surface area contributed by atoms with Crippen LogP contribution in [-0.4, -0.2) is 28.2 Å². The number of hydrazine groups is 1. The van der Waals surface area contributed by atoms with Gasteiger partial charge in [-0.3, -0.25) is 25.1 Å². The number of aryl methyl sites for hydroxylation is 1. The molecule has 8 heteroatoms. The molecule has 3 aromatic carbocycles. The lowest BCUT2D eigenvalue weighted by molar-refractivity contribution is -0.128. The van der Waals surface area contributed by atoms with Crippen molar-refractivity contribution >= 4 is 17.9 Å². The number of carbonyl (C=O) groups excluding carboxylic acids is 2. The molecule has 0 saturated heterocycles. The van der Waals surface area contributed by atoms with E-state index in [1.165, 1.54) is 6.08 Å². The van der Waals surface area contributed by atoms with Crippen LogP contribution in [0.1, 0.15) is 22.3 Å². The number of ether oxygens (including phenoxy) is 1. The van der Waals surface area contributed by atoms with Gasteiger partial charge in [0.05, 0.1) is 23.9 Å². The number of nitriles is 1. The van der Waals surface area contributed by atoms with Gasteiger partial charge >= 0.3 is 0 Å². The maximum atomic E-state index is 12.3. The predicted molar refractivity (Wildman–Crippen MR) is 140 cm³/mol. The normalized spacial score (nSPS) is 10.6. The Morgan fingerprint density at radius 1 is 1.00 bits per heavy atom. The molecule has 37 heavy (non-hydrogen) atoms. The van der Waals surface area contributed by atoms with Crippen molar-refractivity contribution in [2.24, 2.45) is 0 Å². The minimum atomic E-state index is -0.526. The number of nitrogens with zero attached hydrogens (tertiary/aromatic N) is 3. The molecule has 1 aromatic heterocycles. The number of nitrogens with one attached hydrogen (secondary N) is 2. The molecule has 0 spiro atoms. The zero-order chi connectivity index (χ0) is 26.0. The first-order valence-electron chi connectivity index (χ1n) is 11.6. The summed E-state index contributed by atoms with van der Waals surface area (Å²) in [5, 5.41) is 13.6. The molecule has 0 fully saturated rings. The van der Waals surface area contributed by atoms with Crippen molar-refractivity contribution in [2.45, 2.75) is 13.5 Å².